The molecule has 4 amide bonds. The number of methoxy groups -OCH3 is 2. The molecule has 2 saturated heterocycles. The number of hydrogen-bond donors (Lipinski definition) is 3. The predicted molar refractivity (Wildman–Crippen MR) is 196 cm³/mol. The molecule has 3 aliphatic heterocycles. The van der Waals surface area contributed by atoms with Crippen molar-refractivity contribution in [2.45, 2.75) is 84.0 Å². The van der Waals surface area contributed by atoms with Gasteiger partial charge in [0.15, 0.2) is 0 Å². The molecule has 3 aromatic rings. The number of hydrogen-bond acceptors (Lipinski definition) is 8. The van der Waals surface area contributed by atoms with Crippen molar-refractivity contribution in [2.75, 3.05) is 27.3 Å². The lowest BCUT2D eigenvalue weighted by Gasteiger charge is -2.30. The number of nitrogens with one attached hydrogen (secondary N) is 3. The zero-order valence-electron chi connectivity index (χ0n) is 30.6. The first-order valence-electron chi connectivity index (χ1n) is 18.0. The number of aromatic nitrogens is 2. The van der Waals surface area contributed by atoms with Crippen molar-refractivity contribution >= 4 is 46.4 Å². The van der Waals surface area contributed by atoms with Crippen molar-refractivity contribution < 1.29 is 28.7 Å². The molecule has 52 heavy (non-hydrogen) atoms. The van der Waals surface area contributed by atoms with E-state index in [1.54, 1.807) is 4.90 Å². The number of imidazole rings is 1. The van der Waals surface area contributed by atoms with Crippen LogP contribution >= 0.6 is 0 Å². The van der Waals surface area contributed by atoms with Crippen molar-refractivity contribution in [3.05, 3.63) is 58.9 Å². The van der Waals surface area contributed by atoms with Gasteiger partial charge in [-0.05, 0) is 79.5 Å². The molecule has 3 aliphatic rings. The molecule has 0 aliphatic carbocycles. The summed E-state index contributed by atoms with van der Waals surface area (Å²) in [5.74, 6) is 6.82. The molecule has 13 nitrogen and oxygen atoms in total. The summed E-state index contributed by atoms with van der Waals surface area (Å²) in [6.07, 6.45) is 2.69. The number of carbonyl (C=O) groups is 4. The van der Waals surface area contributed by atoms with Crippen molar-refractivity contribution in [3.63, 3.8) is 0 Å². The lowest BCUT2D eigenvalue weighted by atomic mass is 9.99. The van der Waals surface area contributed by atoms with Gasteiger partial charge in [-0.15, -0.1) is 0 Å². The quantitative estimate of drug-likeness (QED) is 0.278. The minimum absolute atomic E-state index is 0.0955. The Bertz CT molecular complexity index is 1960. The summed E-state index contributed by atoms with van der Waals surface area (Å²) in [6, 6.07) is 10.1. The lowest BCUT2D eigenvalue weighted by Crippen LogP contribution is -2.53. The maximum absolute atomic E-state index is 13.6. The number of carbonyl (C=O) groups excluding carboxylic acids is 4. The van der Waals surface area contributed by atoms with E-state index < -0.39 is 24.3 Å². The summed E-state index contributed by atoms with van der Waals surface area (Å²) in [5, 5.41) is 5.40. The van der Waals surface area contributed by atoms with Crippen molar-refractivity contribution in [2.24, 2.45) is 16.8 Å². The Morgan fingerprint density at radius 1 is 0.808 bits per heavy atom. The van der Waals surface area contributed by atoms with Crippen LogP contribution in [0.15, 0.2) is 41.4 Å². The minimum Gasteiger partial charge on any atom is -0.453 e. The number of ether oxygens (including phenoxy) is 2. The second-order valence-electron chi connectivity index (χ2n) is 14.3. The van der Waals surface area contributed by atoms with Crippen LogP contribution in [0.4, 0.5) is 15.3 Å². The fourth-order valence-electron chi connectivity index (χ4n) is 7.35. The van der Waals surface area contributed by atoms with Crippen molar-refractivity contribution in [1.82, 2.24) is 30.4 Å². The predicted octanol–water partition coefficient (Wildman–Crippen LogP) is 5.01. The van der Waals surface area contributed by atoms with Gasteiger partial charge in [-0.3, -0.25) is 14.6 Å². The molecule has 0 saturated carbocycles. The Morgan fingerprint density at radius 3 is 1.96 bits per heavy atom. The SMILES string of the molecule is COC(=O)NC(C(=O)N1CCC[C@H]1c1nc2ccc(C#Cc3ccc4c(c3)CC([C@@H]3CCCN3C(=O)[C@@H](NC(=O)OC)C(C)C)=N4)cc2[nH]1)C(C)C. The van der Waals surface area contributed by atoms with Gasteiger partial charge in [0.05, 0.1) is 43.0 Å². The number of amides is 4. The molecule has 6 rings (SSSR count). The first kappa shape index (κ1) is 36.4. The number of likely N-dealkylation sites (tertiary alicyclic amines) is 2. The first-order chi connectivity index (χ1) is 25.0. The Labute approximate surface area is 303 Å². The highest BCUT2D eigenvalue weighted by Crippen LogP contribution is 2.34. The number of aromatic amines is 1. The summed E-state index contributed by atoms with van der Waals surface area (Å²) in [4.78, 5) is 67.9. The van der Waals surface area contributed by atoms with Crippen LogP contribution in [0.25, 0.3) is 11.0 Å². The van der Waals surface area contributed by atoms with E-state index in [4.69, 9.17) is 19.5 Å². The molecular formula is C39H47N7O6. The van der Waals surface area contributed by atoms with Gasteiger partial charge in [-0.25, -0.2) is 14.6 Å². The Morgan fingerprint density at radius 2 is 1.37 bits per heavy atom. The molecule has 1 unspecified atom stereocenters. The number of nitrogens with zero attached hydrogens (tertiary/aromatic N) is 4. The van der Waals surface area contributed by atoms with Gasteiger partial charge in [0.2, 0.25) is 11.8 Å². The van der Waals surface area contributed by atoms with Crippen LogP contribution in [0.5, 0.6) is 0 Å². The van der Waals surface area contributed by atoms with Gasteiger partial charge in [0, 0.05) is 36.3 Å². The van der Waals surface area contributed by atoms with Gasteiger partial charge in [0.1, 0.15) is 17.9 Å². The molecule has 1 aromatic heterocycles. The van der Waals surface area contributed by atoms with Crippen LogP contribution in [-0.2, 0) is 25.5 Å². The van der Waals surface area contributed by atoms with Gasteiger partial charge in [-0.2, -0.15) is 0 Å². The molecule has 274 valence electrons. The normalized spacial score (nSPS) is 19.2. The van der Waals surface area contributed by atoms with E-state index in [1.165, 1.54) is 14.2 Å². The number of benzene rings is 2. The van der Waals surface area contributed by atoms with Gasteiger partial charge < -0.3 is 34.9 Å². The first-order valence-corrected chi connectivity index (χ1v) is 18.0. The fraction of sp³-hybridized carbons (Fsp3) is 0.487. The average Bonchev–Trinajstić information content (AvgIpc) is 3.95. The number of rotatable bonds is 8. The molecule has 4 atom stereocenters. The lowest BCUT2D eigenvalue weighted by molar-refractivity contribution is -0.135. The highest BCUT2D eigenvalue weighted by Gasteiger charge is 2.39. The van der Waals surface area contributed by atoms with E-state index in [9.17, 15) is 19.2 Å². The van der Waals surface area contributed by atoms with Crippen LogP contribution in [0.1, 0.15) is 81.9 Å². The van der Waals surface area contributed by atoms with E-state index in [2.05, 4.69) is 33.5 Å². The molecule has 4 heterocycles. The van der Waals surface area contributed by atoms with E-state index >= 15 is 0 Å². The molecule has 0 bridgehead atoms. The third-order valence-corrected chi connectivity index (χ3v) is 10.1. The van der Waals surface area contributed by atoms with Crippen molar-refractivity contribution in [1.29, 1.82) is 0 Å². The van der Waals surface area contributed by atoms with Crippen LogP contribution in [-0.4, -0.2) is 94.9 Å². The maximum Gasteiger partial charge on any atom is 0.407 e. The summed E-state index contributed by atoms with van der Waals surface area (Å²) in [6.45, 7) is 8.81. The van der Waals surface area contributed by atoms with Crippen LogP contribution in [0.2, 0.25) is 0 Å². The fourth-order valence-corrected chi connectivity index (χ4v) is 7.35. The maximum atomic E-state index is 13.6. The molecule has 2 aromatic carbocycles. The molecule has 0 spiro atoms. The third-order valence-electron chi connectivity index (χ3n) is 10.1. The average molecular weight is 710 g/mol. The standard InChI is InChI=1S/C39H47N7O6/c1-22(2)33(43-38(49)51-5)36(47)45-17-7-9-31(45)30-21-26-19-24(13-15-27(26)40-30)11-12-25-14-16-28-29(20-25)42-35(41-28)32-10-8-18-46(32)37(48)34(23(3)4)44-39(50)52-6/h13-16,19-20,22-23,31-34H,7-10,17-18,21H2,1-6H3,(H,41,42)(H,43,49)(H,44,50)/t31-,32-,33-,34?/m0/s1. The second kappa shape index (κ2) is 15.5. The Hall–Kier alpha value is -5.38. The molecule has 0 radical (unpaired) electrons. The van der Waals surface area contributed by atoms with E-state index in [1.807, 2.05) is 62.9 Å². The Kier molecular flexibility index (Phi) is 10.8. The van der Waals surface area contributed by atoms with E-state index in [0.717, 1.165) is 64.8 Å². The summed E-state index contributed by atoms with van der Waals surface area (Å²) in [7, 11) is 2.58. The molecular weight excluding hydrogens is 662 g/mol. The van der Waals surface area contributed by atoms with Gasteiger partial charge in [-0.1, -0.05) is 39.5 Å². The summed E-state index contributed by atoms with van der Waals surface area (Å²) >= 11 is 0. The van der Waals surface area contributed by atoms with E-state index in [0.29, 0.717) is 25.3 Å². The largest absolute Gasteiger partial charge is 0.453 e. The van der Waals surface area contributed by atoms with Crippen molar-refractivity contribution in [3.8, 4) is 11.8 Å². The molecule has 13 heteroatoms. The molecule has 2 fully saturated rings. The summed E-state index contributed by atoms with van der Waals surface area (Å²) < 4.78 is 9.51. The number of fused-ring (bicyclic) bond motifs is 2. The van der Waals surface area contributed by atoms with Gasteiger partial charge >= 0.3 is 12.2 Å². The number of H-pyrrole nitrogens is 1. The number of aliphatic imine (C=N–C) groups is 1. The highest BCUT2D eigenvalue weighted by atomic mass is 16.5. The second-order valence-corrected chi connectivity index (χ2v) is 14.3. The monoisotopic (exact) mass is 709 g/mol. The van der Waals surface area contributed by atoms with Crippen LogP contribution < -0.4 is 10.6 Å². The minimum atomic E-state index is -0.697. The highest BCUT2D eigenvalue weighted by molar-refractivity contribution is 6.01. The summed E-state index contributed by atoms with van der Waals surface area (Å²) in [5.41, 5.74) is 6.21. The topological polar surface area (TPSA) is 158 Å². The van der Waals surface area contributed by atoms with Gasteiger partial charge in [0.25, 0.3) is 0 Å². The zero-order chi connectivity index (χ0) is 37.1. The van der Waals surface area contributed by atoms with E-state index in [-0.39, 0.29) is 35.7 Å². The zero-order valence-corrected chi connectivity index (χ0v) is 30.6. The van der Waals surface area contributed by atoms with Crippen LogP contribution in [0, 0.1) is 23.7 Å². The van der Waals surface area contributed by atoms with Crippen LogP contribution in [0.3, 0.4) is 0 Å². The number of alkyl carbamates (subject to hydrolysis) is 2. The molecule has 3 N–H and O–H groups in total. The Balaban J connectivity index is 1.13. The third kappa shape index (κ3) is 7.61. The smallest absolute Gasteiger partial charge is 0.407 e.